The largest absolute Gasteiger partial charge is 0.393 e. The Balaban J connectivity index is 2.11. The lowest BCUT2D eigenvalue weighted by Crippen LogP contribution is -2.39. The molecule has 0 aromatic carbocycles. The highest BCUT2D eigenvalue weighted by molar-refractivity contribution is 5.58. The van der Waals surface area contributed by atoms with Crippen LogP contribution in [0.25, 0.3) is 0 Å². The van der Waals surface area contributed by atoms with Crippen molar-refractivity contribution < 1.29 is 5.11 Å². The van der Waals surface area contributed by atoms with Crippen LogP contribution in [0.4, 0.5) is 11.6 Å². The highest BCUT2D eigenvalue weighted by atomic mass is 16.3. The smallest absolute Gasteiger partial charge is 0.134 e. The second-order valence-corrected chi connectivity index (χ2v) is 5.19. The average Bonchev–Trinajstić information content (AvgIpc) is 2.37. The summed E-state index contributed by atoms with van der Waals surface area (Å²) in [5, 5.41) is 16.1. The summed E-state index contributed by atoms with van der Waals surface area (Å²) in [7, 11) is 0. The maximum atomic E-state index is 9.35. The average molecular weight is 264 g/mol. The van der Waals surface area contributed by atoms with Crippen LogP contribution in [0, 0.1) is 0 Å². The molecule has 1 aromatic heterocycles. The molecule has 0 bridgehead atoms. The Morgan fingerprint density at radius 1 is 1.21 bits per heavy atom. The van der Waals surface area contributed by atoms with Gasteiger partial charge in [0.2, 0.25) is 0 Å². The first-order chi connectivity index (χ1) is 9.24. The van der Waals surface area contributed by atoms with Crippen molar-refractivity contribution in [2.45, 2.75) is 58.1 Å². The molecule has 0 spiro atoms. The van der Waals surface area contributed by atoms with Gasteiger partial charge in [0.25, 0.3) is 0 Å². The Morgan fingerprint density at radius 2 is 1.95 bits per heavy atom. The number of aliphatic hydroxyl groups excluding tert-OH is 1. The van der Waals surface area contributed by atoms with Crippen LogP contribution in [0.3, 0.4) is 0 Å². The summed E-state index contributed by atoms with van der Waals surface area (Å²) in [6, 6.07) is 0.347. The topological polar surface area (TPSA) is 70.1 Å². The van der Waals surface area contributed by atoms with Crippen LogP contribution in [-0.2, 0) is 6.42 Å². The van der Waals surface area contributed by atoms with Gasteiger partial charge in [-0.1, -0.05) is 20.3 Å². The van der Waals surface area contributed by atoms with Crippen molar-refractivity contribution >= 4 is 11.6 Å². The minimum absolute atomic E-state index is 0.147. The van der Waals surface area contributed by atoms with E-state index in [-0.39, 0.29) is 6.10 Å². The first-order valence-electron chi connectivity index (χ1n) is 7.26. The predicted molar refractivity (Wildman–Crippen MR) is 77.5 cm³/mol. The molecule has 1 heterocycles. The number of aromatic nitrogens is 2. The van der Waals surface area contributed by atoms with Gasteiger partial charge in [0, 0.05) is 18.2 Å². The third-order valence-electron chi connectivity index (χ3n) is 3.44. The molecule has 0 atom stereocenters. The monoisotopic (exact) mass is 264 g/mol. The van der Waals surface area contributed by atoms with E-state index in [0.717, 1.165) is 50.3 Å². The van der Waals surface area contributed by atoms with E-state index in [1.165, 1.54) is 5.56 Å². The summed E-state index contributed by atoms with van der Waals surface area (Å²) in [4.78, 5) is 8.72. The minimum atomic E-state index is -0.147. The Hall–Kier alpha value is -1.36. The molecule has 106 valence electrons. The van der Waals surface area contributed by atoms with E-state index in [2.05, 4.69) is 34.4 Å². The first kappa shape index (κ1) is 14.1. The lowest BCUT2D eigenvalue weighted by molar-refractivity contribution is 0.0835. The maximum absolute atomic E-state index is 9.35. The molecule has 1 fully saturated rings. The van der Waals surface area contributed by atoms with Crippen molar-refractivity contribution in [3.05, 3.63) is 11.9 Å². The van der Waals surface area contributed by atoms with Crippen molar-refractivity contribution in [1.29, 1.82) is 0 Å². The van der Waals surface area contributed by atoms with Crippen LogP contribution in [0.5, 0.6) is 0 Å². The van der Waals surface area contributed by atoms with Gasteiger partial charge in [0.05, 0.1) is 6.10 Å². The minimum Gasteiger partial charge on any atom is -0.393 e. The number of nitrogens with zero attached hydrogens (tertiary/aromatic N) is 2. The van der Waals surface area contributed by atoms with Gasteiger partial charge < -0.3 is 15.7 Å². The number of hydrogen-bond acceptors (Lipinski definition) is 5. The first-order valence-corrected chi connectivity index (χ1v) is 7.26. The molecule has 0 unspecified atom stereocenters. The number of anilines is 2. The van der Waals surface area contributed by atoms with Crippen LogP contribution >= 0.6 is 0 Å². The number of aliphatic hydroxyl groups is 1. The molecular formula is C14H24N4O. The molecule has 3 N–H and O–H groups in total. The normalized spacial score (nSPS) is 21.8. The lowest BCUT2D eigenvalue weighted by atomic mass is 9.89. The summed E-state index contributed by atoms with van der Waals surface area (Å²) in [6.45, 7) is 5.23. The van der Waals surface area contributed by atoms with Crippen LogP contribution < -0.4 is 10.6 Å². The van der Waals surface area contributed by atoms with E-state index >= 15 is 0 Å². The molecule has 0 radical (unpaired) electrons. The van der Waals surface area contributed by atoms with Crippen molar-refractivity contribution in [1.82, 2.24) is 9.97 Å². The van der Waals surface area contributed by atoms with Gasteiger partial charge in [0.1, 0.15) is 18.0 Å². The van der Waals surface area contributed by atoms with Gasteiger partial charge in [-0.2, -0.15) is 0 Å². The molecule has 2 rings (SSSR count). The van der Waals surface area contributed by atoms with E-state index in [1.54, 1.807) is 6.33 Å². The van der Waals surface area contributed by atoms with Gasteiger partial charge in [-0.3, -0.25) is 0 Å². The molecule has 5 heteroatoms. The van der Waals surface area contributed by atoms with Gasteiger partial charge in [-0.05, 0) is 25.7 Å². The Labute approximate surface area is 114 Å². The number of nitrogens with one attached hydrogen (secondary N) is 2. The van der Waals surface area contributed by atoms with Crippen molar-refractivity contribution in [2.24, 2.45) is 0 Å². The second kappa shape index (κ2) is 6.70. The van der Waals surface area contributed by atoms with Crippen LogP contribution in [0.2, 0.25) is 0 Å². The van der Waals surface area contributed by atoms with Gasteiger partial charge in [-0.15, -0.1) is 0 Å². The highest BCUT2D eigenvalue weighted by Gasteiger charge is 2.28. The summed E-state index contributed by atoms with van der Waals surface area (Å²) in [5.41, 5.74) is 1.17. The molecule has 1 saturated carbocycles. The fraction of sp³-hybridized carbons (Fsp3) is 0.714. The molecule has 0 amide bonds. The zero-order valence-electron chi connectivity index (χ0n) is 11.8. The van der Waals surface area contributed by atoms with Crippen molar-refractivity contribution in [3.8, 4) is 0 Å². The zero-order chi connectivity index (χ0) is 13.7. The van der Waals surface area contributed by atoms with Gasteiger partial charge >= 0.3 is 0 Å². The summed E-state index contributed by atoms with van der Waals surface area (Å²) in [5.74, 6) is 1.87. The number of rotatable bonds is 7. The molecule has 0 aliphatic heterocycles. The summed E-state index contributed by atoms with van der Waals surface area (Å²) >= 11 is 0. The highest BCUT2D eigenvalue weighted by Crippen LogP contribution is 2.27. The Morgan fingerprint density at radius 3 is 2.58 bits per heavy atom. The molecule has 5 nitrogen and oxygen atoms in total. The van der Waals surface area contributed by atoms with E-state index in [9.17, 15) is 5.11 Å². The van der Waals surface area contributed by atoms with E-state index in [0.29, 0.717) is 6.04 Å². The molecule has 0 saturated heterocycles. The Bertz CT molecular complexity index is 404. The van der Waals surface area contributed by atoms with Gasteiger partial charge in [-0.25, -0.2) is 9.97 Å². The SMILES string of the molecule is CCCNc1ncnc(NC2CC(O)C2)c1CCC. The van der Waals surface area contributed by atoms with Crippen LogP contribution in [0.1, 0.15) is 45.1 Å². The fourth-order valence-corrected chi connectivity index (χ4v) is 2.32. The second-order valence-electron chi connectivity index (χ2n) is 5.19. The van der Waals surface area contributed by atoms with Crippen LogP contribution in [-0.4, -0.2) is 33.8 Å². The van der Waals surface area contributed by atoms with Gasteiger partial charge in [0.15, 0.2) is 0 Å². The fourth-order valence-electron chi connectivity index (χ4n) is 2.32. The molecular weight excluding hydrogens is 240 g/mol. The maximum Gasteiger partial charge on any atom is 0.134 e. The lowest BCUT2D eigenvalue weighted by Gasteiger charge is -2.33. The zero-order valence-corrected chi connectivity index (χ0v) is 11.8. The van der Waals surface area contributed by atoms with Crippen molar-refractivity contribution in [2.75, 3.05) is 17.2 Å². The third-order valence-corrected chi connectivity index (χ3v) is 3.44. The quantitative estimate of drug-likeness (QED) is 0.704. The third kappa shape index (κ3) is 3.56. The molecule has 1 aliphatic carbocycles. The Kier molecular flexibility index (Phi) is 4.96. The molecule has 19 heavy (non-hydrogen) atoms. The van der Waals surface area contributed by atoms with E-state index < -0.39 is 0 Å². The molecule has 1 aliphatic rings. The van der Waals surface area contributed by atoms with E-state index in [1.807, 2.05) is 0 Å². The van der Waals surface area contributed by atoms with Crippen LogP contribution in [0.15, 0.2) is 6.33 Å². The standard InChI is InChI=1S/C14H24N4O/c1-3-5-12-13(15-6-4-2)16-9-17-14(12)18-10-7-11(19)8-10/h9-11,19H,3-8H2,1-2H3,(H2,15,16,17,18). The predicted octanol–water partition coefficient (Wildman–Crippen LogP) is 2.19. The van der Waals surface area contributed by atoms with E-state index in [4.69, 9.17) is 0 Å². The number of hydrogen-bond donors (Lipinski definition) is 3. The summed E-state index contributed by atoms with van der Waals surface area (Å²) in [6.07, 6.45) is 6.19. The summed E-state index contributed by atoms with van der Waals surface area (Å²) < 4.78 is 0. The molecule has 1 aromatic rings. The van der Waals surface area contributed by atoms with Crippen molar-refractivity contribution in [3.63, 3.8) is 0 Å².